The van der Waals surface area contributed by atoms with Gasteiger partial charge in [-0.25, -0.2) is 0 Å². The molecule has 0 aromatic rings. The molecule has 0 radical (unpaired) electrons. The number of hydrogen-bond donors (Lipinski definition) is 3. The van der Waals surface area contributed by atoms with Gasteiger partial charge in [-0.2, -0.15) is 0 Å². The Labute approximate surface area is 469 Å². The molecule has 1 amide bonds. The summed E-state index contributed by atoms with van der Waals surface area (Å²) in [4.78, 5) is 24.6. The monoisotopic (exact) mass is 1060 g/mol. The highest BCUT2D eigenvalue weighted by Crippen LogP contribution is 2.19. The summed E-state index contributed by atoms with van der Waals surface area (Å²) in [5, 5.41) is 23.3. The lowest BCUT2D eigenvalue weighted by atomic mass is 10.0. The molecule has 0 rings (SSSR count). The second-order valence-electron chi connectivity index (χ2n) is 23.9. The summed E-state index contributed by atoms with van der Waals surface area (Å²) >= 11 is 0. The van der Waals surface area contributed by atoms with Crippen LogP contribution in [-0.2, 0) is 14.3 Å². The number of ether oxygens (including phenoxy) is 1. The number of aliphatic hydroxyl groups excluding tert-OH is 2. The van der Waals surface area contributed by atoms with Crippen molar-refractivity contribution < 1.29 is 24.5 Å². The van der Waals surface area contributed by atoms with Crippen LogP contribution in [0.4, 0.5) is 0 Å². The molecule has 0 bridgehead atoms. The first-order chi connectivity index (χ1) is 37.0. The Bertz CT molecular complexity index is 1130. The lowest BCUT2D eigenvalue weighted by Crippen LogP contribution is -2.45. The Morgan fingerprint density at radius 3 is 0.947 bits per heavy atom. The van der Waals surface area contributed by atoms with E-state index in [1.807, 2.05) is 0 Å². The number of carbonyl (C=O) groups excluding carboxylic acids is 2. The fraction of sp³-hybridized carbons (Fsp3) is 0.942. The molecule has 0 spiro atoms. The van der Waals surface area contributed by atoms with E-state index in [0.717, 1.165) is 38.5 Å². The molecule has 0 saturated carbocycles. The summed E-state index contributed by atoms with van der Waals surface area (Å²) in [5.74, 6) is -0.0111. The number of carbonyl (C=O) groups is 2. The third-order valence-corrected chi connectivity index (χ3v) is 16.3. The minimum absolute atomic E-state index is 0.0208. The maximum absolute atomic E-state index is 12.5. The van der Waals surface area contributed by atoms with Crippen molar-refractivity contribution in [3.05, 3.63) is 12.2 Å². The van der Waals surface area contributed by atoms with Crippen LogP contribution in [0.3, 0.4) is 0 Å². The summed E-state index contributed by atoms with van der Waals surface area (Å²) < 4.78 is 5.50. The van der Waals surface area contributed by atoms with E-state index in [1.165, 1.54) is 321 Å². The van der Waals surface area contributed by atoms with Crippen molar-refractivity contribution in [3.63, 3.8) is 0 Å². The molecule has 0 aliphatic heterocycles. The van der Waals surface area contributed by atoms with Crippen molar-refractivity contribution in [2.75, 3.05) is 13.2 Å². The fourth-order valence-corrected chi connectivity index (χ4v) is 11.1. The second kappa shape index (κ2) is 65.1. The molecule has 0 saturated heterocycles. The first-order valence-corrected chi connectivity index (χ1v) is 34.4. The summed E-state index contributed by atoms with van der Waals surface area (Å²) in [6.07, 6.45) is 79.7. The number of esters is 1. The van der Waals surface area contributed by atoms with E-state index < -0.39 is 12.1 Å². The van der Waals surface area contributed by atoms with Gasteiger partial charge in [0.1, 0.15) is 0 Å². The maximum Gasteiger partial charge on any atom is 0.305 e. The number of amides is 1. The molecule has 2 unspecified atom stereocenters. The molecular formula is C69H135NO5. The van der Waals surface area contributed by atoms with Crippen LogP contribution >= 0.6 is 0 Å². The molecule has 3 N–H and O–H groups in total. The van der Waals surface area contributed by atoms with E-state index in [4.69, 9.17) is 4.74 Å². The highest BCUT2D eigenvalue weighted by atomic mass is 16.5. The molecule has 0 aromatic carbocycles. The van der Waals surface area contributed by atoms with Crippen molar-refractivity contribution in [3.8, 4) is 0 Å². The van der Waals surface area contributed by atoms with Crippen molar-refractivity contribution in [1.29, 1.82) is 0 Å². The number of allylic oxidation sites excluding steroid dienone is 2. The molecular weight excluding hydrogens is 923 g/mol. The first kappa shape index (κ1) is 73.6. The Morgan fingerprint density at radius 1 is 0.360 bits per heavy atom. The Balaban J connectivity index is 3.34. The maximum atomic E-state index is 12.5. The third kappa shape index (κ3) is 61.7. The van der Waals surface area contributed by atoms with Gasteiger partial charge in [0.25, 0.3) is 0 Å². The largest absolute Gasteiger partial charge is 0.466 e. The molecule has 446 valence electrons. The quantitative estimate of drug-likeness (QED) is 0.0320. The normalized spacial score (nSPS) is 12.5. The summed E-state index contributed by atoms with van der Waals surface area (Å²) in [7, 11) is 0. The zero-order valence-electron chi connectivity index (χ0n) is 51.1. The van der Waals surface area contributed by atoms with Gasteiger partial charge in [-0.3, -0.25) is 9.59 Å². The van der Waals surface area contributed by atoms with E-state index in [-0.39, 0.29) is 18.5 Å². The average Bonchev–Trinajstić information content (AvgIpc) is 3.41. The van der Waals surface area contributed by atoms with E-state index in [2.05, 4.69) is 31.3 Å². The number of hydrogen-bond acceptors (Lipinski definition) is 5. The molecule has 2 atom stereocenters. The molecule has 75 heavy (non-hydrogen) atoms. The van der Waals surface area contributed by atoms with Gasteiger partial charge >= 0.3 is 5.97 Å². The summed E-state index contributed by atoms with van der Waals surface area (Å²) in [5.41, 5.74) is 0. The van der Waals surface area contributed by atoms with Gasteiger partial charge in [0, 0.05) is 12.8 Å². The van der Waals surface area contributed by atoms with Gasteiger partial charge in [-0.1, -0.05) is 341 Å². The van der Waals surface area contributed by atoms with Gasteiger partial charge < -0.3 is 20.3 Å². The van der Waals surface area contributed by atoms with Crippen molar-refractivity contribution in [1.82, 2.24) is 5.32 Å². The minimum atomic E-state index is -0.662. The van der Waals surface area contributed by atoms with E-state index in [1.54, 1.807) is 0 Å². The van der Waals surface area contributed by atoms with Crippen LogP contribution in [0.2, 0.25) is 0 Å². The smallest absolute Gasteiger partial charge is 0.305 e. The molecule has 0 fully saturated rings. The highest BCUT2D eigenvalue weighted by Gasteiger charge is 2.20. The summed E-state index contributed by atoms with van der Waals surface area (Å²) in [6, 6.07) is -0.539. The van der Waals surface area contributed by atoms with E-state index in [9.17, 15) is 19.8 Å². The Kier molecular flexibility index (Phi) is 63.9. The lowest BCUT2D eigenvalue weighted by molar-refractivity contribution is -0.143. The van der Waals surface area contributed by atoms with Gasteiger partial charge in [-0.15, -0.1) is 0 Å². The van der Waals surface area contributed by atoms with Crippen molar-refractivity contribution in [2.45, 2.75) is 405 Å². The fourth-order valence-electron chi connectivity index (χ4n) is 11.1. The molecule has 0 aliphatic rings. The first-order valence-electron chi connectivity index (χ1n) is 34.4. The summed E-state index contributed by atoms with van der Waals surface area (Å²) in [6.45, 7) is 4.99. The van der Waals surface area contributed by atoms with Crippen LogP contribution in [0.25, 0.3) is 0 Å². The topological polar surface area (TPSA) is 95.9 Å². The standard InChI is InChI=1S/C69H135NO5/c1-3-5-7-9-11-13-15-17-18-35-39-43-47-51-55-59-63-69(74)75-64-60-56-52-48-44-40-36-33-31-29-27-25-23-21-19-20-22-24-26-28-30-32-34-38-42-46-50-54-58-62-68(73)70-66(65-71)67(72)61-57-53-49-45-41-37-16-14-12-10-8-6-4-2/h19,21,66-67,71-72H,3-18,20,22-65H2,1-2H3,(H,70,73)/b21-19-. The predicted octanol–water partition coefficient (Wildman–Crippen LogP) is 22.0. The van der Waals surface area contributed by atoms with E-state index >= 15 is 0 Å². The average molecular weight is 1060 g/mol. The van der Waals surface area contributed by atoms with Crippen LogP contribution in [0.1, 0.15) is 393 Å². The minimum Gasteiger partial charge on any atom is -0.466 e. The number of unbranched alkanes of at least 4 members (excludes halogenated alkanes) is 52. The van der Waals surface area contributed by atoms with Gasteiger partial charge in [-0.05, 0) is 51.4 Å². The predicted molar refractivity (Wildman–Crippen MR) is 329 cm³/mol. The van der Waals surface area contributed by atoms with Crippen LogP contribution in [0.5, 0.6) is 0 Å². The third-order valence-electron chi connectivity index (χ3n) is 16.3. The Hall–Kier alpha value is -1.40. The number of aliphatic hydroxyl groups is 2. The van der Waals surface area contributed by atoms with Crippen LogP contribution in [0.15, 0.2) is 12.2 Å². The molecule has 0 aromatic heterocycles. The SMILES string of the molecule is CCCCCCCCCCCCCCCCCCC(=O)OCCCCCCCCCCCCCC/C=C\CCCCCCCCCCCCCCCC(=O)NC(CO)C(O)CCCCCCCCCCCCCCC. The second-order valence-corrected chi connectivity index (χ2v) is 23.9. The number of rotatable bonds is 65. The molecule has 0 aliphatic carbocycles. The van der Waals surface area contributed by atoms with Crippen molar-refractivity contribution >= 4 is 11.9 Å². The lowest BCUT2D eigenvalue weighted by Gasteiger charge is -2.22. The molecule has 6 nitrogen and oxygen atoms in total. The van der Waals surface area contributed by atoms with Gasteiger partial charge in [0.15, 0.2) is 0 Å². The van der Waals surface area contributed by atoms with Crippen molar-refractivity contribution in [2.24, 2.45) is 0 Å². The zero-order chi connectivity index (χ0) is 54.3. The highest BCUT2D eigenvalue weighted by molar-refractivity contribution is 5.76. The Morgan fingerprint density at radius 2 is 0.627 bits per heavy atom. The molecule has 6 heteroatoms. The van der Waals surface area contributed by atoms with Gasteiger partial charge in [0.2, 0.25) is 5.91 Å². The molecule has 0 heterocycles. The van der Waals surface area contributed by atoms with Crippen LogP contribution < -0.4 is 5.32 Å². The van der Waals surface area contributed by atoms with Crippen LogP contribution in [-0.4, -0.2) is 47.4 Å². The zero-order valence-corrected chi connectivity index (χ0v) is 51.1. The van der Waals surface area contributed by atoms with E-state index in [0.29, 0.717) is 25.9 Å². The number of nitrogens with one attached hydrogen (secondary N) is 1. The van der Waals surface area contributed by atoms with Crippen LogP contribution in [0, 0.1) is 0 Å². The van der Waals surface area contributed by atoms with Gasteiger partial charge in [0.05, 0.1) is 25.4 Å².